The zero-order valence-corrected chi connectivity index (χ0v) is 11.3. The number of morpholine rings is 1. The lowest BCUT2D eigenvalue weighted by Crippen LogP contribution is -2.42. The molecule has 0 aromatic carbocycles. The van der Waals surface area contributed by atoms with Gasteiger partial charge in [0.1, 0.15) is 0 Å². The Morgan fingerprint density at radius 3 is 2.75 bits per heavy atom. The van der Waals surface area contributed by atoms with Crippen molar-refractivity contribution >= 4 is 11.9 Å². The fraction of sp³-hybridized carbons (Fsp3) is 1.00. The van der Waals surface area contributed by atoms with Crippen LogP contribution in [0.4, 0.5) is 0 Å². The Kier molecular flexibility index (Phi) is 4.95. The summed E-state index contributed by atoms with van der Waals surface area (Å²) in [5.74, 6) is 0. The van der Waals surface area contributed by atoms with Gasteiger partial charge in [-0.25, -0.2) is 4.31 Å². The van der Waals surface area contributed by atoms with Crippen molar-refractivity contribution < 1.29 is 4.74 Å². The molecule has 0 aliphatic carbocycles. The van der Waals surface area contributed by atoms with Crippen molar-refractivity contribution in [2.75, 3.05) is 39.0 Å². The van der Waals surface area contributed by atoms with Gasteiger partial charge in [0.05, 0.1) is 12.7 Å². The molecule has 0 aromatic heterocycles. The molecule has 4 heteroatoms. The second-order valence-electron chi connectivity index (χ2n) is 4.89. The average Bonchev–Trinajstić information content (AvgIpc) is 2.83. The first-order valence-corrected chi connectivity index (χ1v) is 7.62. The second kappa shape index (κ2) is 6.24. The molecule has 2 unspecified atom stereocenters. The van der Waals surface area contributed by atoms with E-state index in [0.717, 1.165) is 19.7 Å². The highest BCUT2D eigenvalue weighted by atomic mass is 32.2. The number of ether oxygens (including phenoxy) is 1. The molecule has 2 atom stereocenters. The summed E-state index contributed by atoms with van der Waals surface area (Å²) in [7, 11) is 0. The maximum Gasteiger partial charge on any atom is 0.0726 e. The maximum atomic E-state index is 5.86. The van der Waals surface area contributed by atoms with E-state index in [1.165, 1.54) is 32.4 Å². The minimum absolute atomic E-state index is 0.441. The molecule has 0 radical (unpaired) electrons. The monoisotopic (exact) mass is 244 g/mol. The maximum absolute atomic E-state index is 5.86. The predicted octanol–water partition coefficient (Wildman–Crippen LogP) is 1.84. The molecule has 2 aliphatic rings. The summed E-state index contributed by atoms with van der Waals surface area (Å²) in [6.45, 7) is 8.01. The van der Waals surface area contributed by atoms with Crippen molar-refractivity contribution in [1.29, 1.82) is 0 Å². The van der Waals surface area contributed by atoms with Gasteiger partial charge in [-0.3, -0.25) is 0 Å². The molecule has 2 fully saturated rings. The van der Waals surface area contributed by atoms with Gasteiger partial charge in [-0.2, -0.15) is 0 Å². The Bertz CT molecular complexity index is 209. The molecular formula is C12H24N2OS. The van der Waals surface area contributed by atoms with Gasteiger partial charge in [0.15, 0.2) is 0 Å². The summed E-state index contributed by atoms with van der Waals surface area (Å²) in [4.78, 5) is 2.61. The Morgan fingerprint density at radius 2 is 2.06 bits per heavy atom. The molecule has 0 saturated carbocycles. The fourth-order valence-electron chi connectivity index (χ4n) is 2.71. The van der Waals surface area contributed by atoms with E-state index in [0.29, 0.717) is 12.1 Å². The smallest absolute Gasteiger partial charge is 0.0726 e. The van der Waals surface area contributed by atoms with Crippen LogP contribution in [0.3, 0.4) is 0 Å². The molecule has 2 rings (SSSR count). The van der Waals surface area contributed by atoms with Gasteiger partial charge < -0.3 is 9.64 Å². The van der Waals surface area contributed by atoms with E-state index in [1.54, 1.807) is 0 Å². The topological polar surface area (TPSA) is 15.7 Å². The number of likely N-dealkylation sites (tertiary alicyclic amines) is 1. The van der Waals surface area contributed by atoms with Crippen LogP contribution >= 0.6 is 11.9 Å². The molecule has 0 N–H and O–H groups in total. The highest BCUT2D eigenvalue weighted by molar-refractivity contribution is 7.96. The van der Waals surface area contributed by atoms with E-state index in [9.17, 15) is 0 Å². The third-order valence-electron chi connectivity index (χ3n) is 3.73. The van der Waals surface area contributed by atoms with Crippen molar-refractivity contribution in [2.45, 2.75) is 38.3 Å². The van der Waals surface area contributed by atoms with Gasteiger partial charge in [0.2, 0.25) is 0 Å². The van der Waals surface area contributed by atoms with Crippen LogP contribution in [-0.4, -0.2) is 60.4 Å². The Balaban J connectivity index is 1.75. The van der Waals surface area contributed by atoms with Crippen LogP contribution in [0.25, 0.3) is 0 Å². The standard InChI is InChI=1S/C12H24N2OS/c1-11(13-5-3-4-6-13)9-12-10-14(16-2)7-8-15-12/h11-12H,3-10H2,1-2H3. The Labute approximate surface area is 104 Å². The summed E-state index contributed by atoms with van der Waals surface area (Å²) in [6.07, 6.45) is 6.56. The van der Waals surface area contributed by atoms with Crippen molar-refractivity contribution in [3.63, 3.8) is 0 Å². The van der Waals surface area contributed by atoms with E-state index >= 15 is 0 Å². The number of hydrogen-bond acceptors (Lipinski definition) is 4. The molecule has 3 nitrogen and oxygen atoms in total. The molecular weight excluding hydrogens is 220 g/mol. The van der Waals surface area contributed by atoms with Crippen molar-refractivity contribution in [3.8, 4) is 0 Å². The molecule has 16 heavy (non-hydrogen) atoms. The van der Waals surface area contributed by atoms with Crippen molar-refractivity contribution in [3.05, 3.63) is 0 Å². The predicted molar refractivity (Wildman–Crippen MR) is 69.7 cm³/mol. The molecule has 2 heterocycles. The summed E-state index contributed by atoms with van der Waals surface area (Å²) in [5.41, 5.74) is 0. The van der Waals surface area contributed by atoms with Crippen LogP contribution in [0.15, 0.2) is 0 Å². The van der Waals surface area contributed by atoms with Gasteiger partial charge in [-0.05, 0) is 45.5 Å². The molecule has 2 saturated heterocycles. The third kappa shape index (κ3) is 3.36. The summed E-state index contributed by atoms with van der Waals surface area (Å²) in [6, 6.07) is 0.689. The highest BCUT2D eigenvalue weighted by Crippen LogP contribution is 2.20. The van der Waals surface area contributed by atoms with Crippen LogP contribution in [0.2, 0.25) is 0 Å². The highest BCUT2D eigenvalue weighted by Gasteiger charge is 2.25. The quantitative estimate of drug-likeness (QED) is 0.701. The van der Waals surface area contributed by atoms with Gasteiger partial charge >= 0.3 is 0 Å². The van der Waals surface area contributed by atoms with Crippen LogP contribution in [-0.2, 0) is 4.74 Å². The lowest BCUT2D eigenvalue weighted by atomic mass is 10.1. The minimum atomic E-state index is 0.441. The zero-order chi connectivity index (χ0) is 11.4. The lowest BCUT2D eigenvalue weighted by molar-refractivity contribution is -0.0145. The fourth-order valence-corrected chi connectivity index (χ4v) is 3.29. The first-order chi connectivity index (χ1) is 7.79. The third-order valence-corrected chi connectivity index (χ3v) is 4.58. The van der Waals surface area contributed by atoms with Crippen LogP contribution in [0, 0.1) is 0 Å². The minimum Gasteiger partial charge on any atom is -0.375 e. The van der Waals surface area contributed by atoms with Crippen LogP contribution < -0.4 is 0 Å². The number of hydrogen-bond donors (Lipinski definition) is 0. The van der Waals surface area contributed by atoms with Crippen molar-refractivity contribution in [1.82, 2.24) is 9.21 Å². The van der Waals surface area contributed by atoms with Gasteiger partial charge in [0, 0.05) is 19.1 Å². The Hall–Kier alpha value is 0.230. The number of rotatable bonds is 4. The van der Waals surface area contributed by atoms with Crippen LogP contribution in [0.1, 0.15) is 26.2 Å². The van der Waals surface area contributed by atoms with E-state index in [-0.39, 0.29) is 0 Å². The van der Waals surface area contributed by atoms with Gasteiger partial charge in [-0.15, -0.1) is 0 Å². The largest absolute Gasteiger partial charge is 0.375 e. The molecule has 0 amide bonds. The van der Waals surface area contributed by atoms with Crippen LogP contribution in [0.5, 0.6) is 0 Å². The lowest BCUT2D eigenvalue weighted by Gasteiger charge is -2.34. The van der Waals surface area contributed by atoms with Gasteiger partial charge in [0.25, 0.3) is 0 Å². The normalized spacial score (nSPS) is 30.8. The zero-order valence-electron chi connectivity index (χ0n) is 10.5. The SMILES string of the molecule is CSN1CCOC(CC(C)N2CCCC2)C1. The van der Waals surface area contributed by atoms with Crippen molar-refractivity contribution in [2.24, 2.45) is 0 Å². The van der Waals surface area contributed by atoms with E-state index in [2.05, 4.69) is 22.4 Å². The summed E-state index contributed by atoms with van der Waals surface area (Å²) >= 11 is 1.85. The van der Waals surface area contributed by atoms with E-state index in [1.807, 2.05) is 11.9 Å². The molecule has 2 aliphatic heterocycles. The van der Waals surface area contributed by atoms with Gasteiger partial charge in [-0.1, -0.05) is 11.9 Å². The molecule has 0 spiro atoms. The summed E-state index contributed by atoms with van der Waals surface area (Å²) < 4.78 is 8.28. The number of nitrogens with zero attached hydrogens (tertiary/aromatic N) is 2. The summed E-state index contributed by atoms with van der Waals surface area (Å²) in [5, 5.41) is 0. The molecule has 94 valence electrons. The first-order valence-electron chi connectivity index (χ1n) is 6.44. The molecule has 0 aromatic rings. The molecule has 0 bridgehead atoms. The average molecular weight is 244 g/mol. The first kappa shape index (κ1) is 12.7. The Morgan fingerprint density at radius 1 is 1.31 bits per heavy atom. The van der Waals surface area contributed by atoms with E-state index in [4.69, 9.17) is 4.74 Å². The second-order valence-corrected chi connectivity index (χ2v) is 5.77. The van der Waals surface area contributed by atoms with E-state index < -0.39 is 0 Å².